The lowest BCUT2D eigenvalue weighted by Crippen LogP contribution is -1.99. The van der Waals surface area contributed by atoms with Crippen molar-refractivity contribution in [2.24, 2.45) is 0 Å². The minimum Gasteiger partial charge on any atom is -0.483 e. The first kappa shape index (κ1) is 33.1. The SMILES string of the molecule is CCCCCCCCCCSc1ccc(C#Cc2ccc(C=CC(=S)OCCCCCCCC)cc2)cc1F. The van der Waals surface area contributed by atoms with Crippen LogP contribution < -0.4 is 0 Å². The van der Waals surface area contributed by atoms with Crippen molar-refractivity contribution in [1.29, 1.82) is 0 Å². The van der Waals surface area contributed by atoms with E-state index in [-0.39, 0.29) is 5.82 Å². The van der Waals surface area contributed by atoms with E-state index in [1.165, 1.54) is 77.0 Å². The van der Waals surface area contributed by atoms with E-state index in [0.717, 1.165) is 29.7 Å². The maximum Gasteiger partial charge on any atom is 0.183 e. The molecule has 0 aliphatic rings. The maximum absolute atomic E-state index is 14.6. The highest BCUT2D eigenvalue weighted by Crippen LogP contribution is 2.24. The Morgan fingerprint density at radius 3 is 1.97 bits per heavy atom. The number of thioether (sulfide) groups is 1. The molecule has 0 N–H and O–H groups in total. The zero-order chi connectivity index (χ0) is 28.0. The molecule has 0 aliphatic heterocycles. The fraction of sp³-hybridized carbons (Fsp3) is 0.514. The van der Waals surface area contributed by atoms with Crippen molar-refractivity contribution in [2.75, 3.05) is 12.4 Å². The van der Waals surface area contributed by atoms with Crippen LogP contribution in [0.5, 0.6) is 0 Å². The Bertz CT molecular complexity index is 1030. The van der Waals surface area contributed by atoms with Gasteiger partial charge in [0, 0.05) is 16.0 Å². The summed E-state index contributed by atoms with van der Waals surface area (Å²) >= 11 is 6.92. The van der Waals surface area contributed by atoms with Gasteiger partial charge in [0.2, 0.25) is 0 Å². The first-order valence-corrected chi connectivity index (χ1v) is 16.4. The molecule has 0 fully saturated rings. The molecule has 0 aromatic heterocycles. The molecular weight excluding hydrogens is 520 g/mol. The van der Waals surface area contributed by atoms with Crippen molar-refractivity contribution in [3.63, 3.8) is 0 Å². The molecule has 0 amide bonds. The molecule has 0 heterocycles. The van der Waals surface area contributed by atoms with E-state index in [2.05, 4.69) is 25.7 Å². The standard InChI is InChI=1S/C35H47FOS2/c1-3-5-7-9-11-12-14-16-28-39-34-25-23-32(29-33(34)36)22-21-30-17-19-31(20-18-30)24-26-35(38)37-27-15-13-10-8-6-4-2/h17-20,23-26,29H,3-16,27-28H2,1-2H3. The summed E-state index contributed by atoms with van der Waals surface area (Å²) < 4.78 is 20.2. The zero-order valence-electron chi connectivity index (χ0n) is 24.1. The van der Waals surface area contributed by atoms with Crippen molar-refractivity contribution in [3.8, 4) is 11.8 Å². The van der Waals surface area contributed by atoms with E-state index in [4.69, 9.17) is 17.0 Å². The fourth-order valence-corrected chi connectivity index (χ4v) is 5.28. The summed E-state index contributed by atoms with van der Waals surface area (Å²) in [6.45, 7) is 5.16. The van der Waals surface area contributed by atoms with Gasteiger partial charge in [-0.3, -0.25) is 0 Å². The van der Waals surface area contributed by atoms with Crippen molar-refractivity contribution in [2.45, 2.75) is 109 Å². The molecule has 0 saturated carbocycles. The van der Waals surface area contributed by atoms with E-state index < -0.39 is 0 Å². The first-order chi connectivity index (χ1) is 19.1. The third-order valence-corrected chi connectivity index (χ3v) is 7.99. The van der Waals surface area contributed by atoms with Gasteiger partial charge in [0.05, 0.1) is 6.61 Å². The summed E-state index contributed by atoms with van der Waals surface area (Å²) in [5.41, 5.74) is 2.62. The van der Waals surface area contributed by atoms with Crippen molar-refractivity contribution in [1.82, 2.24) is 0 Å². The fourth-order valence-electron chi connectivity index (χ4n) is 4.20. The average molecular weight is 567 g/mol. The van der Waals surface area contributed by atoms with Gasteiger partial charge in [-0.1, -0.05) is 121 Å². The van der Waals surface area contributed by atoms with Gasteiger partial charge in [-0.2, -0.15) is 0 Å². The van der Waals surface area contributed by atoms with Crippen LogP contribution >= 0.6 is 24.0 Å². The summed E-state index contributed by atoms with van der Waals surface area (Å²) in [5, 5.41) is 0.522. The molecule has 1 nitrogen and oxygen atoms in total. The number of unbranched alkanes of at least 4 members (excludes halogenated alkanes) is 12. The molecular formula is C35H47FOS2. The minimum absolute atomic E-state index is 0.179. The van der Waals surface area contributed by atoms with Crippen molar-refractivity contribution in [3.05, 3.63) is 71.0 Å². The van der Waals surface area contributed by atoms with E-state index in [1.54, 1.807) is 17.8 Å². The highest BCUT2D eigenvalue weighted by molar-refractivity contribution is 7.99. The molecule has 0 spiro atoms. The highest BCUT2D eigenvalue weighted by atomic mass is 32.2. The molecule has 0 radical (unpaired) electrons. The van der Waals surface area contributed by atoms with E-state index in [1.807, 2.05) is 48.6 Å². The Balaban J connectivity index is 1.70. The average Bonchev–Trinajstić information content (AvgIpc) is 2.95. The van der Waals surface area contributed by atoms with Crippen LogP contribution in [-0.2, 0) is 4.74 Å². The Morgan fingerprint density at radius 2 is 1.33 bits per heavy atom. The van der Waals surface area contributed by atoms with Crippen LogP contribution in [-0.4, -0.2) is 17.4 Å². The molecule has 0 unspecified atom stereocenters. The Kier molecular flexibility index (Phi) is 18.4. The van der Waals surface area contributed by atoms with E-state index in [0.29, 0.717) is 22.1 Å². The number of benzene rings is 2. The van der Waals surface area contributed by atoms with Gasteiger partial charge < -0.3 is 4.74 Å². The van der Waals surface area contributed by atoms with Crippen LogP contribution in [0.3, 0.4) is 0 Å². The molecule has 0 saturated heterocycles. The van der Waals surface area contributed by atoms with Gasteiger partial charge in [0.15, 0.2) is 5.05 Å². The number of ether oxygens (including phenoxy) is 1. The number of hydrogen-bond acceptors (Lipinski definition) is 3. The lowest BCUT2D eigenvalue weighted by Gasteiger charge is -2.04. The van der Waals surface area contributed by atoms with Crippen LogP contribution in [0.25, 0.3) is 6.08 Å². The topological polar surface area (TPSA) is 9.23 Å². The third kappa shape index (κ3) is 15.9. The Morgan fingerprint density at radius 1 is 0.769 bits per heavy atom. The number of hydrogen-bond donors (Lipinski definition) is 0. The van der Waals surface area contributed by atoms with Gasteiger partial charge in [-0.25, -0.2) is 4.39 Å². The summed E-state index contributed by atoms with van der Waals surface area (Å²) in [5.74, 6) is 7.02. The molecule has 39 heavy (non-hydrogen) atoms. The van der Waals surface area contributed by atoms with Crippen molar-refractivity contribution >= 4 is 35.1 Å². The van der Waals surface area contributed by atoms with Gasteiger partial charge in [0.1, 0.15) is 5.82 Å². The van der Waals surface area contributed by atoms with Gasteiger partial charge in [-0.05, 0) is 72.8 Å². The number of thiocarbonyl (C=S) groups is 1. The maximum atomic E-state index is 14.6. The predicted molar refractivity (Wildman–Crippen MR) is 173 cm³/mol. The second-order valence-electron chi connectivity index (χ2n) is 10.1. The predicted octanol–water partition coefficient (Wildman–Crippen LogP) is 11.2. The molecule has 2 aromatic rings. The normalized spacial score (nSPS) is 10.9. The largest absolute Gasteiger partial charge is 0.483 e. The van der Waals surface area contributed by atoms with Crippen LogP contribution in [0.4, 0.5) is 4.39 Å². The number of rotatable bonds is 19. The van der Waals surface area contributed by atoms with Gasteiger partial charge in [-0.15, -0.1) is 11.8 Å². The summed E-state index contributed by atoms with van der Waals surface area (Å²) in [7, 11) is 0. The molecule has 0 atom stereocenters. The van der Waals surface area contributed by atoms with Gasteiger partial charge >= 0.3 is 0 Å². The summed E-state index contributed by atoms with van der Waals surface area (Å²) in [4.78, 5) is 0.716. The molecule has 2 rings (SSSR count). The van der Waals surface area contributed by atoms with Crippen LogP contribution in [0.1, 0.15) is 120 Å². The van der Waals surface area contributed by atoms with E-state index in [9.17, 15) is 4.39 Å². The first-order valence-electron chi connectivity index (χ1n) is 15.0. The van der Waals surface area contributed by atoms with Crippen LogP contribution in [0.15, 0.2) is 53.4 Å². The summed E-state index contributed by atoms with van der Waals surface area (Å²) in [6.07, 6.45) is 21.6. The highest BCUT2D eigenvalue weighted by Gasteiger charge is 2.04. The monoisotopic (exact) mass is 566 g/mol. The zero-order valence-corrected chi connectivity index (χ0v) is 25.7. The second kappa shape index (κ2) is 21.7. The quantitative estimate of drug-likeness (QED) is 0.0550. The number of halogens is 1. The Hall–Kier alpha value is -2.09. The molecule has 0 aliphatic carbocycles. The van der Waals surface area contributed by atoms with Crippen LogP contribution in [0.2, 0.25) is 0 Å². The smallest absolute Gasteiger partial charge is 0.183 e. The van der Waals surface area contributed by atoms with Crippen molar-refractivity contribution < 1.29 is 9.13 Å². The van der Waals surface area contributed by atoms with Gasteiger partial charge in [0.25, 0.3) is 0 Å². The molecule has 212 valence electrons. The lowest BCUT2D eigenvalue weighted by atomic mass is 10.1. The second-order valence-corrected chi connectivity index (χ2v) is 11.6. The van der Waals surface area contributed by atoms with E-state index >= 15 is 0 Å². The summed E-state index contributed by atoms with van der Waals surface area (Å²) in [6, 6.07) is 13.3. The molecule has 0 bridgehead atoms. The van der Waals surface area contributed by atoms with Crippen LogP contribution in [0, 0.1) is 17.7 Å². The third-order valence-electron chi connectivity index (χ3n) is 6.60. The lowest BCUT2D eigenvalue weighted by molar-refractivity contribution is 0.302. The molecule has 4 heteroatoms. The Labute approximate surface area is 247 Å². The molecule has 2 aromatic carbocycles. The minimum atomic E-state index is -0.179.